The van der Waals surface area contributed by atoms with Gasteiger partial charge in [-0.05, 0) is 12.1 Å². The number of aromatic nitrogens is 2. The Morgan fingerprint density at radius 1 is 1.09 bits per heavy atom. The number of benzene rings is 1. The highest BCUT2D eigenvalue weighted by molar-refractivity contribution is 5.48. The van der Waals surface area contributed by atoms with Gasteiger partial charge in [-0.1, -0.05) is 6.07 Å². The highest BCUT2D eigenvalue weighted by Gasteiger charge is 2.17. The molecule has 5 nitrogen and oxygen atoms in total. The molecule has 0 amide bonds. The van der Waals surface area contributed by atoms with Gasteiger partial charge >= 0.3 is 0 Å². The van der Waals surface area contributed by atoms with Crippen molar-refractivity contribution < 1.29 is 13.5 Å². The van der Waals surface area contributed by atoms with Gasteiger partial charge in [-0.15, -0.1) is 0 Å². The summed E-state index contributed by atoms with van der Waals surface area (Å²) in [5.74, 6) is -0.0562. The maximum absolute atomic E-state index is 13.6. The SMILES string of the molecule is Fc1cccc(F)c1CCOc1nccnc1N1CCNCC1. The van der Waals surface area contributed by atoms with Crippen LogP contribution in [0.2, 0.25) is 0 Å². The van der Waals surface area contributed by atoms with Crippen molar-refractivity contribution in [2.45, 2.75) is 6.42 Å². The molecule has 122 valence electrons. The summed E-state index contributed by atoms with van der Waals surface area (Å²) in [6.07, 6.45) is 3.29. The Balaban J connectivity index is 1.66. The number of nitrogens with one attached hydrogen (secondary N) is 1. The molecule has 0 atom stereocenters. The van der Waals surface area contributed by atoms with E-state index in [9.17, 15) is 8.78 Å². The smallest absolute Gasteiger partial charge is 0.257 e. The lowest BCUT2D eigenvalue weighted by atomic mass is 10.1. The van der Waals surface area contributed by atoms with Crippen molar-refractivity contribution in [3.63, 3.8) is 0 Å². The molecule has 3 rings (SSSR count). The van der Waals surface area contributed by atoms with Gasteiger partial charge in [-0.25, -0.2) is 18.7 Å². The number of ether oxygens (including phenoxy) is 1. The second-order valence-electron chi connectivity index (χ2n) is 5.22. The fourth-order valence-electron chi connectivity index (χ4n) is 2.53. The van der Waals surface area contributed by atoms with E-state index in [1.807, 2.05) is 0 Å². The van der Waals surface area contributed by atoms with Gasteiger partial charge in [0.1, 0.15) is 11.6 Å². The maximum atomic E-state index is 13.6. The molecule has 7 heteroatoms. The molecule has 0 bridgehead atoms. The Kier molecular flexibility index (Phi) is 4.97. The number of piperazine rings is 1. The van der Waals surface area contributed by atoms with Gasteiger partial charge < -0.3 is 15.0 Å². The van der Waals surface area contributed by atoms with Crippen LogP contribution in [-0.2, 0) is 6.42 Å². The van der Waals surface area contributed by atoms with E-state index in [-0.39, 0.29) is 18.6 Å². The van der Waals surface area contributed by atoms with E-state index in [1.165, 1.54) is 18.2 Å². The molecule has 1 aliphatic heterocycles. The topological polar surface area (TPSA) is 50.3 Å². The van der Waals surface area contributed by atoms with E-state index in [0.717, 1.165) is 26.2 Å². The monoisotopic (exact) mass is 320 g/mol. The number of nitrogens with zero attached hydrogens (tertiary/aromatic N) is 3. The first kappa shape index (κ1) is 15.6. The summed E-state index contributed by atoms with van der Waals surface area (Å²) in [6.45, 7) is 3.51. The van der Waals surface area contributed by atoms with Gasteiger partial charge in [-0.3, -0.25) is 0 Å². The van der Waals surface area contributed by atoms with Crippen LogP contribution in [0.5, 0.6) is 5.88 Å². The summed E-state index contributed by atoms with van der Waals surface area (Å²) < 4.78 is 32.9. The average molecular weight is 320 g/mol. The number of halogens is 2. The van der Waals surface area contributed by atoms with Crippen molar-refractivity contribution >= 4 is 5.82 Å². The zero-order chi connectivity index (χ0) is 16.1. The van der Waals surface area contributed by atoms with Crippen LogP contribution in [0.15, 0.2) is 30.6 Å². The first-order valence-electron chi connectivity index (χ1n) is 7.58. The molecule has 1 N–H and O–H groups in total. The van der Waals surface area contributed by atoms with Crippen LogP contribution in [0.4, 0.5) is 14.6 Å². The van der Waals surface area contributed by atoms with E-state index in [1.54, 1.807) is 12.4 Å². The minimum atomic E-state index is -0.560. The summed E-state index contributed by atoms with van der Waals surface area (Å²) in [6, 6.07) is 3.83. The van der Waals surface area contributed by atoms with E-state index >= 15 is 0 Å². The van der Waals surface area contributed by atoms with Crippen molar-refractivity contribution in [2.75, 3.05) is 37.7 Å². The van der Waals surface area contributed by atoms with Gasteiger partial charge in [0, 0.05) is 50.6 Å². The Labute approximate surface area is 133 Å². The van der Waals surface area contributed by atoms with Gasteiger partial charge in [0.25, 0.3) is 5.88 Å². The molecule has 2 aromatic rings. The average Bonchev–Trinajstić information content (AvgIpc) is 2.59. The molecular weight excluding hydrogens is 302 g/mol. The van der Waals surface area contributed by atoms with Gasteiger partial charge in [0.15, 0.2) is 5.82 Å². The zero-order valence-electron chi connectivity index (χ0n) is 12.6. The molecule has 0 aliphatic carbocycles. The molecule has 1 aromatic carbocycles. The van der Waals surface area contributed by atoms with E-state index < -0.39 is 11.6 Å². The van der Waals surface area contributed by atoms with E-state index in [0.29, 0.717) is 11.7 Å². The summed E-state index contributed by atoms with van der Waals surface area (Å²) in [5.41, 5.74) is 0.0279. The van der Waals surface area contributed by atoms with Crippen LogP contribution in [-0.4, -0.2) is 42.8 Å². The first-order chi connectivity index (χ1) is 11.3. The van der Waals surface area contributed by atoms with Crippen LogP contribution < -0.4 is 15.0 Å². The van der Waals surface area contributed by atoms with Gasteiger partial charge in [0.05, 0.1) is 6.61 Å². The van der Waals surface area contributed by atoms with Crippen molar-refractivity contribution in [3.05, 3.63) is 47.8 Å². The second kappa shape index (κ2) is 7.32. The largest absolute Gasteiger partial charge is 0.475 e. The molecule has 0 spiro atoms. The summed E-state index contributed by atoms with van der Waals surface area (Å²) in [7, 11) is 0. The molecular formula is C16H18F2N4O. The molecule has 0 saturated carbocycles. The van der Waals surface area contributed by atoms with E-state index in [4.69, 9.17) is 4.74 Å². The Morgan fingerprint density at radius 2 is 1.78 bits per heavy atom. The number of rotatable bonds is 5. The Morgan fingerprint density at radius 3 is 2.52 bits per heavy atom. The third kappa shape index (κ3) is 3.73. The second-order valence-corrected chi connectivity index (χ2v) is 5.22. The Bertz CT molecular complexity index is 642. The minimum Gasteiger partial charge on any atom is -0.475 e. The third-order valence-electron chi connectivity index (χ3n) is 3.72. The van der Waals surface area contributed by atoms with Gasteiger partial charge in [-0.2, -0.15) is 0 Å². The van der Waals surface area contributed by atoms with Crippen molar-refractivity contribution in [1.82, 2.24) is 15.3 Å². The lowest BCUT2D eigenvalue weighted by Crippen LogP contribution is -2.44. The normalized spacial score (nSPS) is 14.8. The highest BCUT2D eigenvalue weighted by atomic mass is 19.1. The number of anilines is 1. The van der Waals surface area contributed by atoms with Crippen molar-refractivity contribution in [3.8, 4) is 5.88 Å². The fraction of sp³-hybridized carbons (Fsp3) is 0.375. The summed E-state index contributed by atoms with van der Waals surface area (Å²) in [4.78, 5) is 10.6. The lowest BCUT2D eigenvalue weighted by molar-refractivity contribution is 0.304. The van der Waals surface area contributed by atoms with Crippen LogP contribution in [0.25, 0.3) is 0 Å². The molecule has 1 aliphatic rings. The number of hydrogen-bond acceptors (Lipinski definition) is 5. The predicted octanol–water partition coefficient (Wildman–Crippen LogP) is 1.79. The zero-order valence-corrected chi connectivity index (χ0v) is 12.6. The molecule has 23 heavy (non-hydrogen) atoms. The fourth-order valence-corrected chi connectivity index (χ4v) is 2.53. The van der Waals surface area contributed by atoms with Crippen molar-refractivity contribution in [2.24, 2.45) is 0 Å². The quantitative estimate of drug-likeness (QED) is 0.910. The van der Waals surface area contributed by atoms with Crippen LogP contribution in [0.1, 0.15) is 5.56 Å². The van der Waals surface area contributed by atoms with E-state index in [2.05, 4.69) is 20.2 Å². The summed E-state index contributed by atoms with van der Waals surface area (Å²) in [5, 5.41) is 3.27. The first-order valence-corrected chi connectivity index (χ1v) is 7.58. The van der Waals surface area contributed by atoms with Gasteiger partial charge in [0.2, 0.25) is 0 Å². The molecule has 0 radical (unpaired) electrons. The highest BCUT2D eigenvalue weighted by Crippen LogP contribution is 2.23. The predicted molar refractivity (Wildman–Crippen MR) is 82.7 cm³/mol. The molecule has 1 saturated heterocycles. The van der Waals surface area contributed by atoms with Crippen LogP contribution in [0.3, 0.4) is 0 Å². The standard InChI is InChI=1S/C16H18F2N4O/c17-13-2-1-3-14(18)12(13)4-11-23-16-15(20-5-6-21-16)22-9-7-19-8-10-22/h1-3,5-6,19H,4,7-11H2. The molecule has 1 fully saturated rings. The maximum Gasteiger partial charge on any atom is 0.257 e. The van der Waals surface area contributed by atoms with Crippen molar-refractivity contribution in [1.29, 1.82) is 0 Å². The molecule has 1 aromatic heterocycles. The lowest BCUT2D eigenvalue weighted by Gasteiger charge is -2.28. The molecule has 2 heterocycles. The molecule has 0 unspecified atom stereocenters. The summed E-state index contributed by atoms with van der Waals surface area (Å²) >= 11 is 0. The number of hydrogen-bond donors (Lipinski definition) is 1. The third-order valence-corrected chi connectivity index (χ3v) is 3.72. The van der Waals surface area contributed by atoms with Crippen LogP contribution in [0, 0.1) is 11.6 Å². The minimum absolute atomic E-state index is 0.0279. The Hall–Kier alpha value is -2.28. The van der Waals surface area contributed by atoms with Crippen LogP contribution >= 0.6 is 0 Å².